The van der Waals surface area contributed by atoms with Crippen LogP contribution in [-0.4, -0.2) is 39.9 Å². The summed E-state index contributed by atoms with van der Waals surface area (Å²) in [5.74, 6) is -83.4. The van der Waals surface area contributed by atoms with Crippen LogP contribution in [-0.2, 0) is 0 Å². The summed E-state index contributed by atoms with van der Waals surface area (Å²) in [5, 5.41) is -1.71. The smallest absolute Gasteiger partial charge is 0.200 e. The van der Waals surface area contributed by atoms with Crippen molar-refractivity contribution in [3.8, 4) is 89.3 Å². The average Bonchev–Trinajstić information content (AvgIpc) is 1.55. The third kappa shape index (κ3) is 9.66. The first-order valence-corrected chi connectivity index (χ1v) is 31.0. The molecule has 6 N–H and O–H groups in total. The molecule has 17 rings (SSSR count). The van der Waals surface area contributed by atoms with Crippen LogP contribution >= 0.6 is 0 Å². The highest BCUT2D eigenvalue weighted by atomic mass is 19.2. The molecule has 0 spiro atoms. The molecule has 0 fully saturated rings. The molecule has 0 atom stereocenters. The largest absolute Gasteiger partial charge is 0.354 e. The number of nitrogens with one attached hydrogen (secondary N) is 6. The van der Waals surface area contributed by atoms with E-state index in [1.165, 1.54) is 0 Å². The molecule has 14 aromatic rings. The van der Waals surface area contributed by atoms with E-state index in [1.54, 1.807) is 0 Å². The molecule has 10 heterocycles. The van der Waals surface area contributed by atoms with Crippen LogP contribution in [0.15, 0.2) is 72.8 Å². The summed E-state index contributed by atoms with van der Waals surface area (Å²) >= 11 is 0. The molecule has 0 amide bonds. The summed E-state index contributed by atoms with van der Waals surface area (Å²) in [6.45, 7) is 0. The van der Waals surface area contributed by atoms with Crippen molar-refractivity contribution in [1.29, 1.82) is 0 Å². The van der Waals surface area contributed by atoms with Crippen molar-refractivity contribution in [2.24, 2.45) is 0 Å². The zero-order chi connectivity index (χ0) is 79.9. The maximum absolute atomic E-state index is 17.0. The lowest BCUT2D eigenvalue weighted by atomic mass is 9.98. The first-order chi connectivity index (χ1) is 53.1. The lowest BCUT2D eigenvalue weighted by Gasteiger charge is -2.10. The molecule has 3 aliphatic rings. The Morgan fingerprint density at radius 2 is 0.321 bits per heavy atom. The monoisotopic (exact) mass is 1590 g/mol. The number of aromatic amines is 6. The van der Waals surface area contributed by atoms with Crippen LogP contribution in [0.3, 0.4) is 0 Å². The fraction of sp³-hybridized carbons (Fsp3) is 0. The quantitative estimate of drug-likeness (QED) is 0.0565. The first-order valence-electron chi connectivity index (χ1n) is 31.0. The normalized spacial score (nSPS) is 12.2. The molecule has 2 aliphatic heterocycles. The van der Waals surface area contributed by atoms with Crippen molar-refractivity contribution in [2.75, 3.05) is 0 Å². The Kier molecular flexibility index (Phi) is 15.7. The SMILES string of the molecule is Fc1c(F)c(F)c(-c2c3cc4c5cc6nc-5c5[nH]c(cc5c5cc([nH]c5c-4n3)c(-c3c(F)c(F)c(F)c(F)c3F)c3ccc([nH]3)c(-c3c(F)c(F)c(F)c(F)c3F)c3ccc2[nH]3)c(-c2c(F)c(F)c(F)c(F)c2F)c2ccc([nH]2)c(-c2c(F)c(F)c(F)c(F)c2F)c2ccc([nH]2)c6-c2c(F)c(F)c(F)c(F)c2F)c(F)c1F. The number of hydrogen-bond donors (Lipinski definition) is 6. The topological polar surface area (TPSA) is 121 Å². The van der Waals surface area contributed by atoms with Crippen molar-refractivity contribution < 1.29 is 132 Å². The molecular weight excluding hydrogens is 1570 g/mol. The van der Waals surface area contributed by atoms with E-state index in [2.05, 4.69) is 39.9 Å². The summed E-state index contributed by atoms with van der Waals surface area (Å²) in [5.41, 5.74) is -39.6. The van der Waals surface area contributed by atoms with Gasteiger partial charge in [-0.15, -0.1) is 0 Å². The Morgan fingerprint density at radius 3 is 0.518 bits per heavy atom. The van der Waals surface area contributed by atoms with E-state index in [9.17, 15) is 8.78 Å². The lowest BCUT2D eigenvalue weighted by molar-refractivity contribution is 0.381. The third-order valence-electron chi connectivity index (χ3n) is 18.9. The van der Waals surface area contributed by atoms with Gasteiger partial charge in [0.2, 0.25) is 34.9 Å². The average molecular weight is 1590 g/mol. The van der Waals surface area contributed by atoms with Gasteiger partial charge in [0.15, 0.2) is 140 Å². The standard InChI is InChI=1S/C74H18F30N8/c75-41-35(42(76)54(88)65(99)53(41)87)29-17-1-5-21(105-17)31(37-45(79)57(91)67(101)58(92)46(37)80)25-9-13-14-10-27-33(39-49(83)61(95)69(103)62(96)50(39)84)23-7-3-19(107-23)30(36-43(77)55(89)66(100)56(90)44(36)78)20-4-8-24(108-20)34(40-51(85)63(97)70(104)64(98)52(40)86)28-12-16(74(112-28)73(14)111-27)15-11-26(110-72(15)71(13)109-25)32(22-6-2-18(29)106-22)38-47(81)59(93)68(102)60(94)48(38)82/h1-12,105-109,111H. The highest BCUT2D eigenvalue weighted by Gasteiger charge is 2.39. The van der Waals surface area contributed by atoms with E-state index in [-0.39, 0.29) is 0 Å². The minimum Gasteiger partial charge on any atom is -0.354 e. The molecule has 112 heavy (non-hydrogen) atoms. The van der Waals surface area contributed by atoms with Gasteiger partial charge in [-0.05, 0) is 72.8 Å². The predicted molar refractivity (Wildman–Crippen MR) is 339 cm³/mol. The van der Waals surface area contributed by atoms with Crippen LogP contribution in [0, 0.1) is 175 Å². The van der Waals surface area contributed by atoms with Crippen molar-refractivity contribution in [2.45, 2.75) is 0 Å². The fourth-order valence-corrected chi connectivity index (χ4v) is 14.0. The Morgan fingerprint density at radius 1 is 0.161 bits per heavy atom. The molecule has 1 aliphatic carbocycles. The van der Waals surface area contributed by atoms with Crippen molar-refractivity contribution in [1.82, 2.24) is 39.9 Å². The highest BCUT2D eigenvalue weighted by Crippen LogP contribution is 2.52. The van der Waals surface area contributed by atoms with Gasteiger partial charge >= 0.3 is 0 Å². The van der Waals surface area contributed by atoms with Crippen molar-refractivity contribution >= 4 is 88.0 Å². The molecule has 38 heteroatoms. The van der Waals surface area contributed by atoms with E-state index in [0.717, 1.165) is 0 Å². The minimum atomic E-state index is -2.87. The maximum Gasteiger partial charge on any atom is 0.200 e. The number of rotatable bonds is 6. The molecule has 16 bridgehead atoms. The zero-order valence-electron chi connectivity index (χ0n) is 53.2. The van der Waals surface area contributed by atoms with Crippen LogP contribution in [0.25, 0.3) is 177 Å². The summed E-state index contributed by atoms with van der Waals surface area (Å²) in [6.07, 6.45) is 0. The summed E-state index contributed by atoms with van der Waals surface area (Å²) in [7, 11) is 0. The minimum absolute atomic E-state index is 0.541. The van der Waals surface area contributed by atoms with E-state index >= 15 is 123 Å². The van der Waals surface area contributed by atoms with Gasteiger partial charge in [0.1, 0.15) is 0 Å². The summed E-state index contributed by atoms with van der Waals surface area (Å²) < 4.78 is 483. The number of aromatic nitrogens is 8. The Balaban J connectivity index is 1.21. The maximum atomic E-state index is 17.0. The second kappa shape index (κ2) is 24.6. The second-order valence-electron chi connectivity index (χ2n) is 24.8. The van der Waals surface area contributed by atoms with E-state index in [4.69, 9.17) is 0 Å². The van der Waals surface area contributed by atoms with Gasteiger partial charge < -0.3 is 29.9 Å². The predicted octanol–water partition coefficient (Wildman–Crippen LogP) is 23.7. The van der Waals surface area contributed by atoms with Crippen LogP contribution in [0.4, 0.5) is 132 Å². The van der Waals surface area contributed by atoms with Gasteiger partial charge in [-0.25, -0.2) is 142 Å². The van der Waals surface area contributed by atoms with Crippen LogP contribution in [0.2, 0.25) is 0 Å². The van der Waals surface area contributed by atoms with Gasteiger partial charge in [0.05, 0.1) is 66.8 Å². The molecular formula is C74H18F30N8. The molecule has 0 radical (unpaired) electrons. The summed E-state index contributed by atoms with van der Waals surface area (Å²) in [4.78, 5) is 23.3. The molecule has 564 valence electrons. The molecule has 0 saturated heterocycles. The zero-order valence-corrected chi connectivity index (χ0v) is 53.2. The number of fused-ring (bicyclic) bond motifs is 14. The lowest BCUT2D eigenvalue weighted by Crippen LogP contribution is -2.05. The van der Waals surface area contributed by atoms with Gasteiger partial charge in [-0.2, -0.15) is 0 Å². The van der Waals surface area contributed by atoms with Crippen LogP contribution in [0.1, 0.15) is 0 Å². The molecule has 8 nitrogen and oxygen atoms in total. The molecule has 0 unspecified atom stereocenters. The number of halogens is 30. The number of nitrogens with zero attached hydrogens (tertiary/aromatic N) is 2. The Hall–Kier alpha value is -13.3. The van der Waals surface area contributed by atoms with Crippen molar-refractivity contribution in [3.05, 3.63) is 247 Å². The first kappa shape index (κ1) is 71.6. The molecule has 8 aromatic heterocycles. The van der Waals surface area contributed by atoms with E-state index in [1.807, 2.05) is 0 Å². The van der Waals surface area contributed by atoms with Crippen LogP contribution in [0.5, 0.6) is 0 Å². The van der Waals surface area contributed by atoms with Gasteiger partial charge in [-0.1, -0.05) is 0 Å². The van der Waals surface area contributed by atoms with Crippen molar-refractivity contribution in [3.63, 3.8) is 0 Å². The Bertz CT molecular complexity index is 6510. The second-order valence-corrected chi connectivity index (χ2v) is 24.8. The molecule has 6 aromatic carbocycles. The van der Waals surface area contributed by atoms with Crippen LogP contribution < -0.4 is 0 Å². The fourth-order valence-electron chi connectivity index (χ4n) is 14.0. The molecule has 0 saturated carbocycles. The van der Waals surface area contributed by atoms with Gasteiger partial charge in [0.25, 0.3) is 0 Å². The van der Waals surface area contributed by atoms with Gasteiger partial charge in [0, 0.05) is 110 Å². The van der Waals surface area contributed by atoms with Gasteiger partial charge in [-0.3, -0.25) is 0 Å². The van der Waals surface area contributed by atoms with E-state index < -0.39 is 352 Å². The summed E-state index contributed by atoms with van der Waals surface area (Å²) in [6, 6.07) is 6.80. The highest BCUT2D eigenvalue weighted by molar-refractivity contribution is 6.21. The third-order valence-corrected chi connectivity index (χ3v) is 18.9. The number of H-pyrrole nitrogens is 6. The number of benzene rings is 6. The Labute approximate surface area is 594 Å². The number of hydrogen-bond acceptors (Lipinski definition) is 2. The van der Waals surface area contributed by atoms with E-state index in [0.29, 0.717) is 72.8 Å².